The van der Waals surface area contributed by atoms with Crippen molar-refractivity contribution in [2.24, 2.45) is 0 Å². The van der Waals surface area contributed by atoms with Crippen LogP contribution in [-0.4, -0.2) is 11.3 Å². The van der Waals surface area contributed by atoms with Crippen LogP contribution in [0.5, 0.6) is 0 Å². The lowest BCUT2D eigenvalue weighted by Crippen LogP contribution is -2.02. The topological polar surface area (TPSA) is 30.0 Å². The SMILES string of the molecule is O=Cc1cnc(F)c(C(F)F)c1I. The highest BCUT2D eigenvalue weighted by atomic mass is 127. The van der Waals surface area contributed by atoms with Crippen LogP contribution in [0.4, 0.5) is 13.2 Å². The van der Waals surface area contributed by atoms with Crippen LogP contribution in [0, 0.1) is 9.52 Å². The molecule has 13 heavy (non-hydrogen) atoms. The highest BCUT2D eigenvalue weighted by molar-refractivity contribution is 14.1. The van der Waals surface area contributed by atoms with E-state index >= 15 is 0 Å². The fourth-order valence-electron chi connectivity index (χ4n) is 0.766. The molecule has 6 heteroatoms. The van der Waals surface area contributed by atoms with Gasteiger partial charge in [-0.1, -0.05) is 0 Å². The van der Waals surface area contributed by atoms with Gasteiger partial charge >= 0.3 is 0 Å². The first-order valence-electron chi connectivity index (χ1n) is 3.15. The molecule has 0 fully saturated rings. The fraction of sp³-hybridized carbons (Fsp3) is 0.143. The van der Waals surface area contributed by atoms with Gasteiger partial charge in [-0.25, -0.2) is 13.8 Å². The van der Waals surface area contributed by atoms with Gasteiger partial charge < -0.3 is 0 Å². The minimum absolute atomic E-state index is 0.0303. The third-order valence-corrected chi connectivity index (χ3v) is 2.58. The molecule has 0 atom stereocenters. The summed E-state index contributed by atoms with van der Waals surface area (Å²) in [5.41, 5.74) is -0.845. The van der Waals surface area contributed by atoms with Gasteiger partial charge in [0.05, 0.1) is 5.56 Å². The molecule has 1 rings (SSSR count). The van der Waals surface area contributed by atoms with Crippen molar-refractivity contribution in [3.05, 3.63) is 26.8 Å². The number of nitrogens with zero attached hydrogens (tertiary/aromatic N) is 1. The summed E-state index contributed by atoms with van der Waals surface area (Å²) in [5.74, 6) is -1.23. The predicted molar refractivity (Wildman–Crippen MR) is 47.3 cm³/mol. The summed E-state index contributed by atoms with van der Waals surface area (Å²) >= 11 is 1.49. The largest absolute Gasteiger partial charge is 0.298 e. The van der Waals surface area contributed by atoms with Crippen molar-refractivity contribution in [3.8, 4) is 0 Å². The second-order valence-corrected chi connectivity index (χ2v) is 3.23. The summed E-state index contributed by atoms with van der Waals surface area (Å²) in [6.07, 6.45) is -1.67. The molecule has 0 spiro atoms. The van der Waals surface area contributed by atoms with Gasteiger partial charge in [0, 0.05) is 15.3 Å². The summed E-state index contributed by atoms with van der Waals surface area (Å²) in [6.45, 7) is 0. The number of halogens is 4. The first kappa shape index (κ1) is 10.4. The Kier molecular flexibility index (Phi) is 3.23. The van der Waals surface area contributed by atoms with Gasteiger partial charge in [0.1, 0.15) is 0 Å². The zero-order valence-electron chi connectivity index (χ0n) is 6.10. The second kappa shape index (κ2) is 4.03. The maximum Gasteiger partial charge on any atom is 0.269 e. The molecule has 0 aliphatic heterocycles. The molecule has 0 amide bonds. The monoisotopic (exact) mass is 301 g/mol. The molecule has 2 nitrogen and oxygen atoms in total. The van der Waals surface area contributed by atoms with E-state index in [1.54, 1.807) is 0 Å². The van der Waals surface area contributed by atoms with Crippen LogP contribution in [-0.2, 0) is 0 Å². The maximum absolute atomic E-state index is 12.7. The predicted octanol–water partition coefficient (Wildman–Crippen LogP) is 2.58. The zero-order valence-corrected chi connectivity index (χ0v) is 8.26. The average molecular weight is 301 g/mol. The Balaban J connectivity index is 3.38. The summed E-state index contributed by atoms with van der Waals surface area (Å²) in [6, 6.07) is 0. The summed E-state index contributed by atoms with van der Waals surface area (Å²) in [4.78, 5) is 13.4. The van der Waals surface area contributed by atoms with Crippen molar-refractivity contribution in [3.63, 3.8) is 0 Å². The minimum Gasteiger partial charge on any atom is -0.298 e. The number of hydrogen-bond acceptors (Lipinski definition) is 2. The van der Waals surface area contributed by atoms with Gasteiger partial charge in [-0.05, 0) is 22.6 Å². The molecule has 1 aromatic rings. The van der Waals surface area contributed by atoms with Crippen LogP contribution < -0.4 is 0 Å². The van der Waals surface area contributed by atoms with Crippen molar-refractivity contribution in [1.29, 1.82) is 0 Å². The molecule has 1 heterocycles. The lowest BCUT2D eigenvalue weighted by atomic mass is 10.2. The lowest BCUT2D eigenvalue weighted by Gasteiger charge is -2.04. The van der Waals surface area contributed by atoms with Crippen molar-refractivity contribution in [1.82, 2.24) is 4.98 Å². The number of alkyl halides is 2. The van der Waals surface area contributed by atoms with E-state index in [4.69, 9.17) is 0 Å². The lowest BCUT2D eigenvalue weighted by molar-refractivity contribution is 0.112. The smallest absolute Gasteiger partial charge is 0.269 e. The molecule has 0 saturated carbocycles. The van der Waals surface area contributed by atoms with Crippen molar-refractivity contribution in [2.75, 3.05) is 0 Å². The van der Waals surface area contributed by atoms with Crippen LogP contribution in [0.15, 0.2) is 6.20 Å². The van der Waals surface area contributed by atoms with Crippen LogP contribution in [0.1, 0.15) is 22.3 Å². The summed E-state index contributed by atoms with van der Waals surface area (Å²) < 4.78 is 37.0. The number of hydrogen-bond donors (Lipinski definition) is 0. The fourth-order valence-corrected chi connectivity index (χ4v) is 1.49. The van der Waals surface area contributed by atoms with Gasteiger partial charge in [0.15, 0.2) is 6.29 Å². The highest BCUT2D eigenvalue weighted by Crippen LogP contribution is 2.27. The quantitative estimate of drug-likeness (QED) is 0.477. The van der Waals surface area contributed by atoms with Crippen LogP contribution >= 0.6 is 22.6 Å². The van der Waals surface area contributed by atoms with Crippen LogP contribution in [0.3, 0.4) is 0 Å². The van der Waals surface area contributed by atoms with E-state index < -0.39 is 17.9 Å². The molecule has 0 aliphatic carbocycles. The van der Waals surface area contributed by atoms with Crippen LogP contribution in [0.25, 0.3) is 0 Å². The Hall–Kier alpha value is -0.660. The third kappa shape index (κ3) is 1.98. The van der Waals surface area contributed by atoms with Crippen molar-refractivity contribution < 1.29 is 18.0 Å². The molecular weight excluding hydrogens is 298 g/mol. The minimum atomic E-state index is -2.96. The molecule has 0 saturated heterocycles. The average Bonchev–Trinajstić information content (AvgIpc) is 2.04. The number of carbonyl (C=O) groups excluding carboxylic acids is 1. The van der Waals surface area contributed by atoms with E-state index in [1.807, 2.05) is 0 Å². The van der Waals surface area contributed by atoms with E-state index in [0.717, 1.165) is 6.20 Å². The molecule has 0 radical (unpaired) electrons. The van der Waals surface area contributed by atoms with E-state index in [9.17, 15) is 18.0 Å². The van der Waals surface area contributed by atoms with Crippen LogP contribution in [0.2, 0.25) is 0 Å². The standard InChI is InChI=1S/C7H3F3INO/c8-6(9)4-5(11)3(2-13)1-12-7(4)10/h1-2,6H. The summed E-state index contributed by atoms with van der Waals surface area (Å²) in [5, 5.41) is 0. The molecule has 70 valence electrons. The molecule has 0 aromatic carbocycles. The number of rotatable bonds is 2. The highest BCUT2D eigenvalue weighted by Gasteiger charge is 2.20. The Labute approximate surface area is 85.3 Å². The normalized spacial score (nSPS) is 10.5. The molecule has 0 N–H and O–H groups in total. The Morgan fingerprint density at radius 3 is 2.62 bits per heavy atom. The van der Waals surface area contributed by atoms with Crippen molar-refractivity contribution in [2.45, 2.75) is 6.43 Å². The molecule has 0 bridgehead atoms. The number of pyridine rings is 1. The molecule has 1 aromatic heterocycles. The Morgan fingerprint density at radius 2 is 2.15 bits per heavy atom. The van der Waals surface area contributed by atoms with Gasteiger partial charge in [0.25, 0.3) is 6.43 Å². The van der Waals surface area contributed by atoms with Gasteiger partial charge in [-0.15, -0.1) is 0 Å². The zero-order chi connectivity index (χ0) is 10.0. The molecular formula is C7H3F3INO. The number of aldehydes is 1. The summed E-state index contributed by atoms with van der Waals surface area (Å²) in [7, 11) is 0. The van der Waals surface area contributed by atoms with Gasteiger partial charge in [-0.2, -0.15) is 4.39 Å². The van der Waals surface area contributed by atoms with Crippen molar-refractivity contribution >= 4 is 28.9 Å². The van der Waals surface area contributed by atoms with E-state index in [-0.39, 0.29) is 9.13 Å². The van der Waals surface area contributed by atoms with E-state index in [1.165, 1.54) is 22.6 Å². The van der Waals surface area contributed by atoms with E-state index in [2.05, 4.69) is 4.98 Å². The third-order valence-electron chi connectivity index (χ3n) is 1.37. The Morgan fingerprint density at radius 1 is 1.54 bits per heavy atom. The first-order valence-corrected chi connectivity index (χ1v) is 4.23. The number of aromatic nitrogens is 1. The molecule has 0 aliphatic rings. The second-order valence-electron chi connectivity index (χ2n) is 2.15. The molecule has 0 unspecified atom stereocenters. The van der Waals surface area contributed by atoms with Gasteiger partial charge in [-0.3, -0.25) is 4.79 Å². The number of carbonyl (C=O) groups is 1. The Bertz CT molecular complexity index is 343. The van der Waals surface area contributed by atoms with Gasteiger partial charge in [0.2, 0.25) is 5.95 Å². The van der Waals surface area contributed by atoms with E-state index in [0.29, 0.717) is 6.29 Å². The maximum atomic E-state index is 12.7. The first-order chi connectivity index (χ1) is 6.07.